The molecule has 0 radical (unpaired) electrons. The van der Waals surface area contributed by atoms with Crippen molar-refractivity contribution in [3.63, 3.8) is 0 Å². The van der Waals surface area contributed by atoms with Crippen molar-refractivity contribution in [2.24, 2.45) is 0 Å². The molecular formula is C14H20N2O4S. The summed E-state index contributed by atoms with van der Waals surface area (Å²) in [5.41, 5.74) is -0.0116. The standard InChI is InChI=1S/C14H20N2O4S/c1-2-21(19,20)11-5-6-13(17)12(8-11)14(18)16-9-10-4-3-7-15-10/h5-6,8,10,15,17H,2-4,7,9H2,1H3,(H,16,18)/t10-/m1/s1. The molecule has 1 heterocycles. The number of aromatic hydroxyl groups is 1. The van der Waals surface area contributed by atoms with Crippen LogP contribution in [0.25, 0.3) is 0 Å². The molecule has 1 aromatic carbocycles. The van der Waals surface area contributed by atoms with Crippen LogP contribution in [0.4, 0.5) is 0 Å². The molecule has 1 saturated heterocycles. The molecule has 0 bridgehead atoms. The Morgan fingerprint density at radius 3 is 2.86 bits per heavy atom. The number of amides is 1. The van der Waals surface area contributed by atoms with E-state index in [0.717, 1.165) is 19.4 Å². The Hall–Kier alpha value is -1.60. The van der Waals surface area contributed by atoms with Gasteiger partial charge in [-0.05, 0) is 37.6 Å². The van der Waals surface area contributed by atoms with Crippen molar-refractivity contribution < 1.29 is 18.3 Å². The zero-order chi connectivity index (χ0) is 15.5. The van der Waals surface area contributed by atoms with Gasteiger partial charge in [-0.3, -0.25) is 4.79 Å². The topological polar surface area (TPSA) is 95.5 Å². The summed E-state index contributed by atoms with van der Waals surface area (Å²) in [4.78, 5) is 12.1. The Labute approximate surface area is 124 Å². The number of phenols is 1. The van der Waals surface area contributed by atoms with E-state index in [2.05, 4.69) is 10.6 Å². The molecule has 2 rings (SSSR count). The van der Waals surface area contributed by atoms with E-state index in [1.165, 1.54) is 25.1 Å². The van der Waals surface area contributed by atoms with Gasteiger partial charge in [0.2, 0.25) is 0 Å². The number of phenolic OH excluding ortho intramolecular Hbond substituents is 1. The Morgan fingerprint density at radius 1 is 1.48 bits per heavy atom. The number of carbonyl (C=O) groups is 1. The maximum absolute atomic E-state index is 12.1. The van der Waals surface area contributed by atoms with E-state index in [-0.39, 0.29) is 28.0 Å². The van der Waals surface area contributed by atoms with E-state index in [1.54, 1.807) is 0 Å². The second kappa shape index (κ2) is 6.44. The molecule has 0 unspecified atom stereocenters. The van der Waals surface area contributed by atoms with E-state index in [1.807, 2.05) is 0 Å². The first-order valence-corrected chi connectivity index (χ1v) is 8.66. The van der Waals surface area contributed by atoms with Gasteiger partial charge in [-0.2, -0.15) is 0 Å². The molecular weight excluding hydrogens is 292 g/mol. The predicted octanol–water partition coefficient (Wildman–Crippen LogP) is 0.668. The van der Waals surface area contributed by atoms with Crippen LogP contribution in [0.1, 0.15) is 30.1 Å². The first kappa shape index (κ1) is 15.8. The number of carbonyl (C=O) groups excluding carboxylic acids is 1. The van der Waals surface area contributed by atoms with Crippen LogP contribution in [0.15, 0.2) is 23.1 Å². The summed E-state index contributed by atoms with van der Waals surface area (Å²) in [6.45, 7) is 2.94. The second-order valence-corrected chi connectivity index (χ2v) is 7.36. The molecule has 7 heteroatoms. The molecule has 21 heavy (non-hydrogen) atoms. The molecule has 0 saturated carbocycles. The fourth-order valence-corrected chi connectivity index (χ4v) is 3.21. The molecule has 6 nitrogen and oxygen atoms in total. The minimum absolute atomic E-state index is 0.0116. The van der Waals surface area contributed by atoms with Crippen molar-refractivity contribution in [1.82, 2.24) is 10.6 Å². The van der Waals surface area contributed by atoms with Gasteiger partial charge in [0, 0.05) is 12.6 Å². The van der Waals surface area contributed by atoms with E-state index in [9.17, 15) is 18.3 Å². The lowest BCUT2D eigenvalue weighted by molar-refractivity contribution is 0.0947. The van der Waals surface area contributed by atoms with Crippen molar-refractivity contribution in [2.45, 2.75) is 30.7 Å². The Bertz CT molecular complexity index is 622. The van der Waals surface area contributed by atoms with Crippen molar-refractivity contribution in [3.8, 4) is 5.75 Å². The van der Waals surface area contributed by atoms with Gasteiger partial charge >= 0.3 is 0 Å². The molecule has 1 aliphatic heterocycles. The van der Waals surface area contributed by atoms with Crippen molar-refractivity contribution in [1.29, 1.82) is 0 Å². The van der Waals surface area contributed by atoms with Crippen LogP contribution in [0.3, 0.4) is 0 Å². The molecule has 0 aromatic heterocycles. The minimum atomic E-state index is -3.41. The van der Waals surface area contributed by atoms with E-state index in [4.69, 9.17) is 0 Å². The third kappa shape index (κ3) is 3.74. The molecule has 1 aliphatic rings. The van der Waals surface area contributed by atoms with Crippen LogP contribution >= 0.6 is 0 Å². The lowest BCUT2D eigenvalue weighted by Crippen LogP contribution is -2.37. The summed E-state index contributed by atoms with van der Waals surface area (Å²) in [6, 6.07) is 4.01. The van der Waals surface area contributed by atoms with E-state index in [0.29, 0.717) is 6.54 Å². The maximum atomic E-state index is 12.1. The van der Waals surface area contributed by atoms with Gasteiger partial charge in [0.05, 0.1) is 16.2 Å². The van der Waals surface area contributed by atoms with Gasteiger partial charge in [0.15, 0.2) is 9.84 Å². The molecule has 0 spiro atoms. The molecule has 1 atom stereocenters. The van der Waals surface area contributed by atoms with Gasteiger partial charge in [-0.15, -0.1) is 0 Å². The number of hydrogen-bond donors (Lipinski definition) is 3. The Kier molecular flexibility index (Phi) is 4.84. The van der Waals surface area contributed by atoms with Crippen LogP contribution in [0, 0.1) is 0 Å². The number of rotatable bonds is 5. The summed E-state index contributed by atoms with van der Waals surface area (Å²) in [5.74, 6) is -0.735. The van der Waals surface area contributed by atoms with Crippen molar-refractivity contribution in [2.75, 3.05) is 18.8 Å². The summed E-state index contributed by atoms with van der Waals surface area (Å²) in [7, 11) is -3.41. The van der Waals surface area contributed by atoms with E-state index < -0.39 is 15.7 Å². The Morgan fingerprint density at radius 2 is 2.24 bits per heavy atom. The summed E-state index contributed by atoms with van der Waals surface area (Å²) in [6.07, 6.45) is 2.08. The highest BCUT2D eigenvalue weighted by atomic mass is 32.2. The molecule has 1 fully saturated rings. The van der Waals surface area contributed by atoms with Crippen molar-refractivity contribution >= 4 is 15.7 Å². The lowest BCUT2D eigenvalue weighted by atomic mass is 10.1. The van der Waals surface area contributed by atoms with Crippen LogP contribution in [-0.2, 0) is 9.84 Å². The minimum Gasteiger partial charge on any atom is -0.507 e. The highest BCUT2D eigenvalue weighted by molar-refractivity contribution is 7.91. The molecule has 1 aromatic rings. The van der Waals surface area contributed by atoms with Gasteiger partial charge in [-0.1, -0.05) is 6.92 Å². The van der Waals surface area contributed by atoms with Crippen molar-refractivity contribution in [3.05, 3.63) is 23.8 Å². The monoisotopic (exact) mass is 312 g/mol. The maximum Gasteiger partial charge on any atom is 0.255 e. The summed E-state index contributed by atoms with van der Waals surface area (Å²) >= 11 is 0. The molecule has 116 valence electrons. The largest absolute Gasteiger partial charge is 0.507 e. The second-order valence-electron chi connectivity index (χ2n) is 5.09. The SMILES string of the molecule is CCS(=O)(=O)c1ccc(O)c(C(=O)NC[C@H]2CCCN2)c1. The normalized spacial score (nSPS) is 18.6. The zero-order valence-corrected chi connectivity index (χ0v) is 12.7. The average molecular weight is 312 g/mol. The van der Waals surface area contributed by atoms with Crippen LogP contribution < -0.4 is 10.6 Å². The Balaban J connectivity index is 2.14. The number of hydrogen-bond acceptors (Lipinski definition) is 5. The molecule has 3 N–H and O–H groups in total. The third-order valence-electron chi connectivity index (χ3n) is 3.62. The van der Waals surface area contributed by atoms with Gasteiger partial charge < -0.3 is 15.7 Å². The lowest BCUT2D eigenvalue weighted by Gasteiger charge is -2.12. The quantitative estimate of drug-likeness (QED) is 0.742. The van der Waals surface area contributed by atoms with Gasteiger partial charge in [0.1, 0.15) is 5.75 Å². The fraction of sp³-hybridized carbons (Fsp3) is 0.500. The van der Waals surface area contributed by atoms with Crippen LogP contribution in [0.5, 0.6) is 5.75 Å². The average Bonchev–Trinajstić information content (AvgIpc) is 2.98. The van der Waals surface area contributed by atoms with E-state index >= 15 is 0 Å². The first-order valence-electron chi connectivity index (χ1n) is 7.01. The van der Waals surface area contributed by atoms with Gasteiger partial charge in [-0.25, -0.2) is 8.42 Å². The zero-order valence-electron chi connectivity index (χ0n) is 11.9. The molecule has 1 amide bonds. The first-order chi connectivity index (χ1) is 9.94. The number of sulfone groups is 1. The summed E-state index contributed by atoms with van der Waals surface area (Å²) < 4.78 is 23.7. The van der Waals surface area contributed by atoms with Crippen LogP contribution in [0.2, 0.25) is 0 Å². The smallest absolute Gasteiger partial charge is 0.255 e. The third-order valence-corrected chi connectivity index (χ3v) is 5.36. The number of benzene rings is 1. The van der Waals surface area contributed by atoms with Gasteiger partial charge in [0.25, 0.3) is 5.91 Å². The highest BCUT2D eigenvalue weighted by Crippen LogP contribution is 2.22. The predicted molar refractivity (Wildman–Crippen MR) is 79.2 cm³/mol. The fourth-order valence-electron chi connectivity index (χ4n) is 2.30. The molecule has 0 aliphatic carbocycles. The highest BCUT2D eigenvalue weighted by Gasteiger charge is 2.19. The summed E-state index contributed by atoms with van der Waals surface area (Å²) in [5, 5.41) is 15.7. The van der Waals surface area contributed by atoms with Crippen LogP contribution in [-0.4, -0.2) is 44.3 Å². The number of nitrogens with one attached hydrogen (secondary N) is 2.